The fourth-order valence-corrected chi connectivity index (χ4v) is 8.28. The Balaban J connectivity index is 1.38. The molecule has 2 aromatic carbocycles. The van der Waals surface area contributed by atoms with Gasteiger partial charge in [-0.15, -0.1) is 0 Å². The molecule has 4 saturated carbocycles. The summed E-state index contributed by atoms with van der Waals surface area (Å²) in [6, 6.07) is 12.6. The van der Waals surface area contributed by atoms with Crippen molar-refractivity contribution < 1.29 is 9.47 Å². The largest absolute Gasteiger partial charge is 0.493 e. The van der Waals surface area contributed by atoms with Crippen LogP contribution in [-0.4, -0.2) is 12.6 Å². The standard InChI is InChI=1S/C28H36BrNO2/c1-19-5-7-20(8-6-19)15-32-25-22(23(29)9-10-24(25)31-4)14-30-28-13-21-11-26(2,17-28)16-27(3,12-21)18-28/h5-10,21,30H,11-18H2,1-4H3. The number of benzene rings is 2. The average molecular weight is 499 g/mol. The van der Waals surface area contributed by atoms with Gasteiger partial charge in [-0.2, -0.15) is 0 Å². The lowest BCUT2D eigenvalue weighted by atomic mass is 9.43. The van der Waals surface area contributed by atoms with Gasteiger partial charge in [0.05, 0.1) is 7.11 Å². The van der Waals surface area contributed by atoms with E-state index in [0.29, 0.717) is 17.4 Å². The smallest absolute Gasteiger partial charge is 0.167 e. The minimum atomic E-state index is 0.250. The maximum atomic E-state index is 6.38. The van der Waals surface area contributed by atoms with Crippen molar-refractivity contribution in [3.05, 3.63) is 57.6 Å². The van der Waals surface area contributed by atoms with E-state index in [1.54, 1.807) is 7.11 Å². The summed E-state index contributed by atoms with van der Waals surface area (Å²) in [5, 5.41) is 4.07. The van der Waals surface area contributed by atoms with Crippen LogP contribution in [0, 0.1) is 23.7 Å². The highest BCUT2D eigenvalue weighted by molar-refractivity contribution is 9.10. The highest BCUT2D eigenvalue weighted by atomic mass is 79.9. The highest BCUT2D eigenvalue weighted by Crippen LogP contribution is 2.66. The first-order chi connectivity index (χ1) is 15.2. The molecule has 4 fully saturated rings. The van der Waals surface area contributed by atoms with Gasteiger partial charge in [-0.3, -0.25) is 0 Å². The SMILES string of the molecule is COc1ccc(Br)c(CNC23CC4CC(C)(CC(C)(C4)C2)C3)c1OCc1ccc(C)cc1. The maximum absolute atomic E-state index is 6.38. The Bertz CT molecular complexity index is 983. The predicted molar refractivity (Wildman–Crippen MR) is 133 cm³/mol. The monoisotopic (exact) mass is 497 g/mol. The van der Waals surface area contributed by atoms with Crippen LogP contribution in [0.1, 0.15) is 69.1 Å². The van der Waals surface area contributed by atoms with Gasteiger partial charge in [0.15, 0.2) is 11.5 Å². The van der Waals surface area contributed by atoms with E-state index in [1.807, 2.05) is 6.07 Å². The molecule has 0 heterocycles. The van der Waals surface area contributed by atoms with Crippen LogP contribution in [0.2, 0.25) is 0 Å². The number of rotatable bonds is 7. The molecule has 0 saturated heterocycles. The summed E-state index contributed by atoms with van der Waals surface area (Å²) in [5.74, 6) is 2.51. The highest BCUT2D eigenvalue weighted by Gasteiger charge is 2.59. The second-order valence-electron chi connectivity index (χ2n) is 11.6. The fraction of sp³-hybridized carbons (Fsp3) is 0.571. The summed E-state index contributed by atoms with van der Waals surface area (Å²) in [6.07, 6.45) is 8.15. The molecule has 0 aromatic heterocycles. The molecule has 172 valence electrons. The topological polar surface area (TPSA) is 30.5 Å². The van der Waals surface area contributed by atoms with Crippen LogP contribution in [0.4, 0.5) is 0 Å². The molecule has 32 heavy (non-hydrogen) atoms. The summed E-state index contributed by atoms with van der Waals surface area (Å²) < 4.78 is 13.2. The predicted octanol–water partition coefficient (Wildman–Crippen LogP) is 7.18. The molecule has 4 aliphatic carbocycles. The van der Waals surface area contributed by atoms with Gasteiger partial charge in [-0.05, 0) is 79.9 Å². The third-order valence-electron chi connectivity index (χ3n) is 8.16. The van der Waals surface area contributed by atoms with Gasteiger partial charge in [0.1, 0.15) is 6.61 Å². The van der Waals surface area contributed by atoms with Crippen molar-refractivity contribution in [2.75, 3.05) is 7.11 Å². The summed E-state index contributed by atoms with van der Waals surface area (Å²) in [5.41, 5.74) is 4.83. The molecular weight excluding hydrogens is 462 g/mol. The zero-order valence-corrected chi connectivity index (χ0v) is 21.5. The van der Waals surface area contributed by atoms with Gasteiger partial charge in [0, 0.05) is 22.1 Å². The second kappa shape index (κ2) is 8.06. The molecule has 4 heteroatoms. The van der Waals surface area contributed by atoms with Crippen LogP contribution >= 0.6 is 15.9 Å². The lowest BCUT2D eigenvalue weighted by Crippen LogP contribution is -2.63. The summed E-state index contributed by atoms with van der Waals surface area (Å²) in [6.45, 7) is 8.49. The van der Waals surface area contributed by atoms with Crippen LogP contribution in [0.3, 0.4) is 0 Å². The minimum absolute atomic E-state index is 0.250. The van der Waals surface area contributed by atoms with Gasteiger partial charge < -0.3 is 14.8 Å². The fourth-order valence-electron chi connectivity index (χ4n) is 7.83. The van der Waals surface area contributed by atoms with Gasteiger partial charge in [-0.25, -0.2) is 0 Å². The van der Waals surface area contributed by atoms with Gasteiger partial charge in [0.2, 0.25) is 0 Å². The first kappa shape index (κ1) is 22.3. The van der Waals surface area contributed by atoms with Crippen molar-refractivity contribution in [2.45, 2.75) is 78.0 Å². The lowest BCUT2D eigenvalue weighted by Gasteiger charge is -2.65. The molecule has 0 radical (unpaired) electrons. The first-order valence-electron chi connectivity index (χ1n) is 12.0. The lowest BCUT2D eigenvalue weighted by molar-refractivity contribution is -0.118. The molecule has 1 N–H and O–H groups in total. The van der Waals surface area contributed by atoms with Crippen LogP contribution in [-0.2, 0) is 13.2 Å². The van der Waals surface area contributed by atoms with E-state index in [4.69, 9.17) is 9.47 Å². The van der Waals surface area contributed by atoms with Crippen LogP contribution in [0.15, 0.2) is 40.9 Å². The van der Waals surface area contributed by atoms with Crippen molar-refractivity contribution >= 4 is 15.9 Å². The van der Waals surface area contributed by atoms with Gasteiger partial charge in [-0.1, -0.05) is 59.6 Å². The van der Waals surface area contributed by atoms with E-state index in [0.717, 1.165) is 34.0 Å². The van der Waals surface area contributed by atoms with Crippen LogP contribution in [0.25, 0.3) is 0 Å². The van der Waals surface area contributed by atoms with Crippen molar-refractivity contribution in [1.29, 1.82) is 0 Å². The molecule has 2 atom stereocenters. The molecule has 4 bridgehead atoms. The van der Waals surface area contributed by atoms with E-state index < -0.39 is 0 Å². The number of halogens is 1. The van der Waals surface area contributed by atoms with E-state index in [9.17, 15) is 0 Å². The Labute approximate surface area is 201 Å². The van der Waals surface area contributed by atoms with Crippen molar-refractivity contribution in [1.82, 2.24) is 5.32 Å². The zero-order chi connectivity index (χ0) is 22.6. The molecular formula is C28H36BrNO2. The number of aryl methyl sites for hydroxylation is 1. The number of nitrogens with one attached hydrogen (secondary N) is 1. The molecule has 0 amide bonds. The first-order valence-corrected chi connectivity index (χ1v) is 12.8. The van der Waals surface area contributed by atoms with E-state index >= 15 is 0 Å². The van der Waals surface area contributed by atoms with E-state index in [1.165, 1.54) is 49.7 Å². The Morgan fingerprint density at radius 3 is 2.28 bits per heavy atom. The Morgan fingerprint density at radius 2 is 1.66 bits per heavy atom. The average Bonchev–Trinajstić information content (AvgIpc) is 2.70. The number of hydrogen-bond donors (Lipinski definition) is 1. The molecule has 2 aromatic rings. The molecule has 3 nitrogen and oxygen atoms in total. The minimum Gasteiger partial charge on any atom is -0.493 e. The Morgan fingerprint density at radius 1 is 0.969 bits per heavy atom. The second-order valence-corrected chi connectivity index (χ2v) is 12.4. The number of methoxy groups -OCH3 is 1. The normalized spacial score (nSPS) is 32.8. The Hall–Kier alpha value is -1.52. The quantitative estimate of drug-likeness (QED) is 0.439. The van der Waals surface area contributed by atoms with Gasteiger partial charge in [0.25, 0.3) is 0 Å². The molecule has 6 rings (SSSR count). The molecule has 2 unspecified atom stereocenters. The number of hydrogen-bond acceptors (Lipinski definition) is 3. The summed E-state index contributed by atoms with van der Waals surface area (Å²) in [7, 11) is 1.72. The van der Waals surface area contributed by atoms with Crippen LogP contribution < -0.4 is 14.8 Å². The maximum Gasteiger partial charge on any atom is 0.167 e. The third-order valence-corrected chi connectivity index (χ3v) is 8.90. The zero-order valence-electron chi connectivity index (χ0n) is 19.9. The number of ether oxygens (including phenoxy) is 2. The van der Waals surface area contributed by atoms with Gasteiger partial charge >= 0.3 is 0 Å². The molecule has 0 spiro atoms. The molecule has 0 aliphatic heterocycles. The Kier molecular flexibility index (Phi) is 5.61. The third kappa shape index (κ3) is 4.21. The van der Waals surface area contributed by atoms with Crippen LogP contribution in [0.5, 0.6) is 11.5 Å². The molecule has 4 aliphatic rings. The summed E-state index contributed by atoms with van der Waals surface area (Å²) in [4.78, 5) is 0. The van der Waals surface area contributed by atoms with Crippen molar-refractivity contribution in [2.24, 2.45) is 16.7 Å². The van der Waals surface area contributed by atoms with E-state index in [-0.39, 0.29) is 5.54 Å². The van der Waals surface area contributed by atoms with E-state index in [2.05, 4.69) is 72.3 Å². The van der Waals surface area contributed by atoms with Crippen molar-refractivity contribution in [3.63, 3.8) is 0 Å². The van der Waals surface area contributed by atoms with Crippen molar-refractivity contribution in [3.8, 4) is 11.5 Å². The summed E-state index contributed by atoms with van der Waals surface area (Å²) >= 11 is 3.80.